The molecule has 0 spiro atoms. The molecule has 0 radical (unpaired) electrons. The first-order valence-corrected chi connectivity index (χ1v) is 8.96. The van der Waals surface area contributed by atoms with Crippen molar-refractivity contribution in [2.75, 3.05) is 12.4 Å². The summed E-state index contributed by atoms with van der Waals surface area (Å²) in [4.78, 5) is 13.0. The number of ether oxygens (including phenoxy) is 2. The molecule has 0 aliphatic heterocycles. The zero-order chi connectivity index (χ0) is 18.6. The number of benzene rings is 2. The van der Waals surface area contributed by atoms with Gasteiger partial charge >= 0.3 is 0 Å². The molecule has 6 nitrogen and oxygen atoms in total. The van der Waals surface area contributed by atoms with Crippen molar-refractivity contribution in [2.24, 2.45) is 0 Å². The smallest absolute Gasteiger partial charge is 0.219 e. The van der Waals surface area contributed by atoms with Crippen LogP contribution in [-0.2, 0) is 0 Å². The average Bonchev–Trinajstić information content (AvgIpc) is 2.70. The monoisotopic (exact) mass is 422 g/mol. The van der Waals surface area contributed by atoms with E-state index in [0.717, 1.165) is 32.6 Å². The molecule has 4 rings (SSSR count). The first-order chi connectivity index (χ1) is 13.2. The van der Waals surface area contributed by atoms with Crippen molar-refractivity contribution in [3.05, 3.63) is 71.6 Å². The molecule has 0 unspecified atom stereocenters. The van der Waals surface area contributed by atoms with Crippen LogP contribution < -0.4 is 14.8 Å². The standard InChI is InChI=1S/C20H15BrN4O2/c1-26-18-10-17-15(9-16(18)21)20(24-12-23-17)25-13-7-8-19(22-11-13)27-14-5-3-2-4-6-14/h2-12H,1H3,(H,23,24,25). The number of nitrogens with one attached hydrogen (secondary N) is 1. The van der Waals surface area contributed by atoms with Gasteiger partial charge in [-0.15, -0.1) is 0 Å². The van der Waals surface area contributed by atoms with Gasteiger partial charge in [0.2, 0.25) is 5.88 Å². The molecule has 4 aromatic rings. The fraction of sp³-hybridized carbons (Fsp3) is 0.0500. The second-order valence-electron chi connectivity index (χ2n) is 5.65. The highest BCUT2D eigenvalue weighted by Gasteiger charge is 2.09. The predicted octanol–water partition coefficient (Wildman–Crippen LogP) is 5.33. The highest BCUT2D eigenvalue weighted by atomic mass is 79.9. The summed E-state index contributed by atoms with van der Waals surface area (Å²) >= 11 is 3.50. The van der Waals surface area contributed by atoms with Crippen LogP contribution in [0.4, 0.5) is 11.5 Å². The van der Waals surface area contributed by atoms with Crippen LogP contribution in [0.1, 0.15) is 0 Å². The van der Waals surface area contributed by atoms with Gasteiger partial charge in [0.15, 0.2) is 0 Å². The van der Waals surface area contributed by atoms with Gasteiger partial charge in [0.05, 0.1) is 29.0 Å². The van der Waals surface area contributed by atoms with Crippen molar-refractivity contribution in [3.63, 3.8) is 0 Å². The minimum atomic E-state index is 0.520. The fourth-order valence-corrected chi connectivity index (χ4v) is 3.08. The van der Waals surface area contributed by atoms with Crippen LogP contribution >= 0.6 is 15.9 Å². The molecule has 134 valence electrons. The number of hydrogen-bond donors (Lipinski definition) is 1. The topological polar surface area (TPSA) is 69.2 Å². The number of aromatic nitrogens is 3. The summed E-state index contributed by atoms with van der Waals surface area (Å²) in [6.45, 7) is 0. The van der Waals surface area contributed by atoms with Crippen molar-refractivity contribution >= 4 is 38.3 Å². The van der Waals surface area contributed by atoms with Gasteiger partial charge in [-0.1, -0.05) is 18.2 Å². The summed E-state index contributed by atoms with van der Waals surface area (Å²) in [5.41, 5.74) is 1.58. The zero-order valence-corrected chi connectivity index (χ0v) is 16.0. The predicted molar refractivity (Wildman–Crippen MR) is 108 cm³/mol. The van der Waals surface area contributed by atoms with Crippen LogP contribution in [0, 0.1) is 0 Å². The maximum absolute atomic E-state index is 5.71. The Morgan fingerprint density at radius 1 is 0.963 bits per heavy atom. The van der Waals surface area contributed by atoms with E-state index in [-0.39, 0.29) is 0 Å². The van der Waals surface area contributed by atoms with Crippen molar-refractivity contribution < 1.29 is 9.47 Å². The second kappa shape index (κ2) is 7.59. The summed E-state index contributed by atoms with van der Waals surface area (Å²) in [6, 6.07) is 17.0. The molecule has 0 saturated heterocycles. The van der Waals surface area contributed by atoms with Crippen LogP contribution in [0.25, 0.3) is 10.9 Å². The zero-order valence-electron chi connectivity index (χ0n) is 14.4. The third-order valence-corrected chi connectivity index (χ3v) is 4.49. The minimum absolute atomic E-state index is 0.520. The van der Waals surface area contributed by atoms with Gasteiger partial charge in [-0.3, -0.25) is 0 Å². The normalized spacial score (nSPS) is 10.6. The number of methoxy groups -OCH3 is 1. The molecule has 27 heavy (non-hydrogen) atoms. The summed E-state index contributed by atoms with van der Waals surface area (Å²) in [7, 11) is 1.62. The van der Waals surface area contributed by atoms with E-state index < -0.39 is 0 Å². The van der Waals surface area contributed by atoms with Crippen LogP contribution in [0.5, 0.6) is 17.4 Å². The van der Waals surface area contributed by atoms with Gasteiger partial charge in [0.1, 0.15) is 23.6 Å². The van der Waals surface area contributed by atoms with Gasteiger partial charge in [-0.25, -0.2) is 15.0 Å². The molecule has 0 saturated carbocycles. The van der Waals surface area contributed by atoms with Gasteiger partial charge < -0.3 is 14.8 Å². The summed E-state index contributed by atoms with van der Waals surface area (Å²) in [5.74, 6) is 2.66. The number of pyridine rings is 1. The van der Waals surface area contributed by atoms with Gasteiger partial charge in [-0.2, -0.15) is 0 Å². The van der Waals surface area contributed by atoms with E-state index in [4.69, 9.17) is 9.47 Å². The molecule has 0 fully saturated rings. The third kappa shape index (κ3) is 3.83. The second-order valence-corrected chi connectivity index (χ2v) is 6.51. The average molecular weight is 423 g/mol. The molecule has 7 heteroatoms. The van der Waals surface area contributed by atoms with E-state index in [9.17, 15) is 0 Å². The molecule has 1 N–H and O–H groups in total. The molecular weight excluding hydrogens is 408 g/mol. The number of halogens is 1. The van der Waals surface area contributed by atoms with Crippen LogP contribution in [0.3, 0.4) is 0 Å². The van der Waals surface area contributed by atoms with E-state index in [1.807, 2.05) is 48.5 Å². The Hall–Kier alpha value is -3.19. The Bertz CT molecular complexity index is 1070. The number of hydrogen-bond acceptors (Lipinski definition) is 6. The largest absolute Gasteiger partial charge is 0.495 e. The molecule has 0 aliphatic carbocycles. The van der Waals surface area contributed by atoms with E-state index in [2.05, 4.69) is 36.2 Å². The van der Waals surface area contributed by atoms with Gasteiger partial charge in [0.25, 0.3) is 0 Å². The van der Waals surface area contributed by atoms with Gasteiger partial charge in [-0.05, 0) is 40.2 Å². The Kier molecular flexibility index (Phi) is 4.84. The van der Waals surface area contributed by atoms with E-state index >= 15 is 0 Å². The SMILES string of the molecule is COc1cc2ncnc(Nc3ccc(Oc4ccccc4)nc3)c2cc1Br. The summed E-state index contributed by atoms with van der Waals surface area (Å²) in [6.07, 6.45) is 3.21. The molecule has 0 bridgehead atoms. The number of rotatable bonds is 5. The Labute approximate surface area is 164 Å². The van der Waals surface area contributed by atoms with E-state index in [0.29, 0.717) is 11.7 Å². The number of nitrogens with zero attached hydrogens (tertiary/aromatic N) is 3. The van der Waals surface area contributed by atoms with Crippen LogP contribution in [-0.4, -0.2) is 22.1 Å². The van der Waals surface area contributed by atoms with Crippen molar-refractivity contribution in [1.29, 1.82) is 0 Å². The third-order valence-electron chi connectivity index (χ3n) is 3.87. The molecular formula is C20H15BrN4O2. The fourth-order valence-electron chi connectivity index (χ4n) is 2.57. The highest BCUT2D eigenvalue weighted by Crippen LogP contribution is 2.32. The summed E-state index contributed by atoms with van der Waals surface area (Å²) in [5, 5.41) is 4.14. The maximum atomic E-state index is 5.71. The Morgan fingerprint density at radius 3 is 2.56 bits per heavy atom. The lowest BCUT2D eigenvalue weighted by atomic mass is 10.2. The molecule has 0 aliphatic rings. The molecule has 2 aromatic carbocycles. The van der Waals surface area contributed by atoms with Crippen LogP contribution in [0.2, 0.25) is 0 Å². The number of para-hydroxylation sites is 1. The lowest BCUT2D eigenvalue weighted by Gasteiger charge is -2.11. The molecule has 2 aromatic heterocycles. The molecule has 0 amide bonds. The highest BCUT2D eigenvalue weighted by molar-refractivity contribution is 9.10. The minimum Gasteiger partial charge on any atom is -0.495 e. The number of anilines is 2. The lowest BCUT2D eigenvalue weighted by Crippen LogP contribution is -1.97. The first-order valence-electron chi connectivity index (χ1n) is 8.17. The Morgan fingerprint density at radius 2 is 1.81 bits per heavy atom. The lowest BCUT2D eigenvalue weighted by molar-refractivity contribution is 0.412. The van der Waals surface area contributed by atoms with E-state index in [1.54, 1.807) is 19.4 Å². The quantitative estimate of drug-likeness (QED) is 0.468. The van der Waals surface area contributed by atoms with Crippen molar-refractivity contribution in [1.82, 2.24) is 15.0 Å². The molecule has 2 heterocycles. The van der Waals surface area contributed by atoms with Crippen LogP contribution in [0.15, 0.2) is 71.6 Å². The van der Waals surface area contributed by atoms with Gasteiger partial charge in [0, 0.05) is 17.5 Å². The van der Waals surface area contributed by atoms with Crippen molar-refractivity contribution in [3.8, 4) is 17.4 Å². The molecule has 0 atom stereocenters. The Balaban J connectivity index is 1.58. The van der Waals surface area contributed by atoms with E-state index in [1.165, 1.54) is 6.33 Å². The van der Waals surface area contributed by atoms with Crippen molar-refractivity contribution in [2.45, 2.75) is 0 Å². The maximum Gasteiger partial charge on any atom is 0.219 e. The number of fused-ring (bicyclic) bond motifs is 1. The first kappa shape index (κ1) is 17.2. The summed E-state index contributed by atoms with van der Waals surface area (Å²) < 4.78 is 11.9.